The second-order valence-electron chi connectivity index (χ2n) is 4.50. The summed E-state index contributed by atoms with van der Waals surface area (Å²) < 4.78 is 0. The molecule has 1 fully saturated rings. The largest absolute Gasteiger partial charge is 0.339 e. The molecular formula is C13H18Cl2N2O. The van der Waals surface area contributed by atoms with Crippen molar-refractivity contribution in [2.75, 3.05) is 20.1 Å². The van der Waals surface area contributed by atoms with Crippen molar-refractivity contribution < 1.29 is 4.79 Å². The van der Waals surface area contributed by atoms with Crippen molar-refractivity contribution in [3.63, 3.8) is 0 Å². The van der Waals surface area contributed by atoms with Crippen molar-refractivity contribution in [1.29, 1.82) is 0 Å². The molecule has 1 N–H and O–H groups in total. The molecule has 1 aromatic carbocycles. The van der Waals surface area contributed by atoms with Crippen LogP contribution < -0.4 is 5.32 Å². The van der Waals surface area contributed by atoms with E-state index in [0.717, 1.165) is 18.7 Å². The average Bonchev–Trinajstić information content (AvgIpc) is 2.25. The monoisotopic (exact) mass is 288 g/mol. The van der Waals surface area contributed by atoms with Gasteiger partial charge in [0.1, 0.15) is 0 Å². The molecular weight excluding hydrogens is 271 g/mol. The molecule has 0 aromatic heterocycles. The van der Waals surface area contributed by atoms with Gasteiger partial charge in [-0.25, -0.2) is 0 Å². The van der Waals surface area contributed by atoms with Gasteiger partial charge in [0.2, 0.25) is 5.91 Å². The molecule has 0 bridgehead atoms. The minimum Gasteiger partial charge on any atom is -0.339 e. The first-order valence-electron chi connectivity index (χ1n) is 5.83. The topological polar surface area (TPSA) is 32.3 Å². The number of halogens is 2. The number of carbonyl (C=O) groups excluding carboxylic acids is 1. The average molecular weight is 289 g/mol. The lowest BCUT2D eigenvalue weighted by atomic mass is 9.99. The van der Waals surface area contributed by atoms with Crippen LogP contribution in [0.5, 0.6) is 0 Å². The van der Waals surface area contributed by atoms with Crippen LogP contribution in [0.4, 0.5) is 0 Å². The predicted molar refractivity (Wildman–Crippen MR) is 76.2 cm³/mol. The van der Waals surface area contributed by atoms with E-state index in [1.54, 1.807) is 4.90 Å². The standard InChI is InChI=1S/C13H17ClN2O.ClH/c1-9(11-5-3-4-6-12(11)14)16(2)13(17)10-7-15-8-10;/h3-6,9-10,15H,7-8H2,1-2H3;1H. The molecule has 1 atom stereocenters. The second kappa shape index (κ2) is 6.41. The number of rotatable bonds is 3. The van der Waals surface area contributed by atoms with Crippen molar-refractivity contribution >= 4 is 29.9 Å². The van der Waals surface area contributed by atoms with E-state index in [0.29, 0.717) is 5.02 Å². The molecule has 0 spiro atoms. The Morgan fingerprint density at radius 1 is 1.44 bits per heavy atom. The van der Waals surface area contributed by atoms with E-state index < -0.39 is 0 Å². The Bertz CT molecular complexity index is 421. The lowest BCUT2D eigenvalue weighted by Crippen LogP contribution is -2.51. The van der Waals surface area contributed by atoms with Gasteiger partial charge in [-0.15, -0.1) is 12.4 Å². The van der Waals surface area contributed by atoms with Gasteiger partial charge in [-0.2, -0.15) is 0 Å². The van der Waals surface area contributed by atoms with Crippen LogP contribution in [0.15, 0.2) is 24.3 Å². The van der Waals surface area contributed by atoms with Crippen LogP contribution in [0, 0.1) is 5.92 Å². The van der Waals surface area contributed by atoms with Gasteiger partial charge in [-0.05, 0) is 18.6 Å². The highest BCUT2D eigenvalue weighted by Crippen LogP contribution is 2.27. The van der Waals surface area contributed by atoms with Crippen molar-refractivity contribution in [3.05, 3.63) is 34.9 Å². The van der Waals surface area contributed by atoms with Crippen LogP contribution in [0.2, 0.25) is 5.02 Å². The normalized spacial score (nSPS) is 16.4. The van der Waals surface area contributed by atoms with E-state index in [1.165, 1.54) is 0 Å². The minimum atomic E-state index is 0. The Labute approximate surface area is 119 Å². The van der Waals surface area contributed by atoms with Crippen LogP contribution in [-0.2, 0) is 4.79 Å². The maximum absolute atomic E-state index is 12.1. The molecule has 1 amide bonds. The predicted octanol–water partition coefficient (Wildman–Crippen LogP) is 2.50. The summed E-state index contributed by atoms with van der Waals surface area (Å²) in [6, 6.07) is 7.68. The molecule has 1 saturated heterocycles. The minimum absolute atomic E-state index is 0. The fraction of sp³-hybridized carbons (Fsp3) is 0.462. The fourth-order valence-electron chi connectivity index (χ4n) is 1.96. The molecule has 0 radical (unpaired) electrons. The van der Waals surface area contributed by atoms with Gasteiger partial charge in [0, 0.05) is 25.2 Å². The van der Waals surface area contributed by atoms with Crippen molar-refractivity contribution in [2.24, 2.45) is 5.92 Å². The highest BCUT2D eigenvalue weighted by atomic mass is 35.5. The van der Waals surface area contributed by atoms with Crippen molar-refractivity contribution in [1.82, 2.24) is 10.2 Å². The molecule has 1 aromatic rings. The smallest absolute Gasteiger partial charge is 0.228 e. The maximum Gasteiger partial charge on any atom is 0.228 e. The molecule has 1 heterocycles. The Balaban J connectivity index is 0.00000162. The van der Waals surface area contributed by atoms with Crippen molar-refractivity contribution in [3.8, 4) is 0 Å². The Morgan fingerprint density at radius 3 is 2.56 bits per heavy atom. The molecule has 5 heteroatoms. The van der Waals surface area contributed by atoms with Gasteiger partial charge in [-0.3, -0.25) is 4.79 Å². The molecule has 0 saturated carbocycles. The van der Waals surface area contributed by atoms with Crippen LogP contribution in [0.3, 0.4) is 0 Å². The van der Waals surface area contributed by atoms with Gasteiger partial charge in [0.25, 0.3) is 0 Å². The first kappa shape index (κ1) is 15.3. The summed E-state index contributed by atoms with van der Waals surface area (Å²) in [6.45, 7) is 3.59. The molecule has 2 rings (SSSR count). The number of hydrogen-bond acceptors (Lipinski definition) is 2. The van der Waals surface area contributed by atoms with E-state index in [9.17, 15) is 4.79 Å². The summed E-state index contributed by atoms with van der Waals surface area (Å²) in [7, 11) is 1.84. The maximum atomic E-state index is 12.1. The molecule has 1 unspecified atom stereocenters. The SMILES string of the molecule is CC(c1ccccc1Cl)N(C)C(=O)C1CNC1.Cl. The molecule has 3 nitrogen and oxygen atoms in total. The number of hydrogen-bond donors (Lipinski definition) is 1. The zero-order valence-corrected chi connectivity index (χ0v) is 12.1. The molecule has 1 aliphatic rings. The van der Waals surface area contributed by atoms with Crippen LogP contribution >= 0.6 is 24.0 Å². The number of nitrogens with one attached hydrogen (secondary N) is 1. The van der Waals surface area contributed by atoms with E-state index in [4.69, 9.17) is 11.6 Å². The summed E-state index contributed by atoms with van der Waals surface area (Å²) >= 11 is 6.14. The lowest BCUT2D eigenvalue weighted by molar-refractivity contribution is -0.137. The quantitative estimate of drug-likeness (QED) is 0.927. The zero-order chi connectivity index (χ0) is 12.4. The molecule has 100 valence electrons. The highest BCUT2D eigenvalue weighted by molar-refractivity contribution is 6.31. The first-order valence-corrected chi connectivity index (χ1v) is 6.21. The number of benzene rings is 1. The van der Waals surface area contributed by atoms with Gasteiger partial charge >= 0.3 is 0 Å². The van der Waals surface area contributed by atoms with Crippen LogP contribution in [0.25, 0.3) is 0 Å². The molecule has 0 aliphatic carbocycles. The number of carbonyl (C=O) groups is 1. The fourth-order valence-corrected chi connectivity index (χ4v) is 2.26. The van der Waals surface area contributed by atoms with E-state index in [1.807, 2.05) is 38.2 Å². The summed E-state index contributed by atoms with van der Waals surface area (Å²) in [5.74, 6) is 0.320. The van der Waals surface area contributed by atoms with E-state index >= 15 is 0 Å². The molecule has 1 aliphatic heterocycles. The lowest BCUT2D eigenvalue weighted by Gasteiger charge is -2.33. The Morgan fingerprint density at radius 2 is 2.06 bits per heavy atom. The number of amides is 1. The van der Waals surface area contributed by atoms with E-state index in [-0.39, 0.29) is 30.3 Å². The second-order valence-corrected chi connectivity index (χ2v) is 4.91. The highest BCUT2D eigenvalue weighted by Gasteiger charge is 2.30. The third kappa shape index (κ3) is 2.97. The Hall–Kier alpha value is -0.770. The third-order valence-electron chi connectivity index (χ3n) is 3.41. The van der Waals surface area contributed by atoms with Gasteiger partial charge < -0.3 is 10.2 Å². The van der Waals surface area contributed by atoms with Crippen LogP contribution in [-0.4, -0.2) is 30.9 Å². The zero-order valence-electron chi connectivity index (χ0n) is 10.5. The summed E-state index contributed by atoms with van der Waals surface area (Å²) in [4.78, 5) is 13.9. The van der Waals surface area contributed by atoms with Gasteiger partial charge in [0.15, 0.2) is 0 Å². The molecule has 18 heavy (non-hydrogen) atoms. The van der Waals surface area contributed by atoms with Gasteiger partial charge in [-0.1, -0.05) is 29.8 Å². The Kier molecular flexibility index (Phi) is 5.45. The summed E-state index contributed by atoms with van der Waals surface area (Å²) in [5.41, 5.74) is 0.997. The van der Waals surface area contributed by atoms with E-state index in [2.05, 4.69) is 5.32 Å². The van der Waals surface area contributed by atoms with Crippen molar-refractivity contribution in [2.45, 2.75) is 13.0 Å². The third-order valence-corrected chi connectivity index (χ3v) is 3.76. The number of nitrogens with zero attached hydrogens (tertiary/aromatic N) is 1. The summed E-state index contributed by atoms with van der Waals surface area (Å²) in [6.07, 6.45) is 0. The first-order chi connectivity index (χ1) is 8.11. The van der Waals surface area contributed by atoms with Crippen LogP contribution in [0.1, 0.15) is 18.5 Å². The van der Waals surface area contributed by atoms with Gasteiger partial charge in [0.05, 0.1) is 12.0 Å². The summed E-state index contributed by atoms with van der Waals surface area (Å²) in [5, 5.41) is 3.83.